The molecule has 0 radical (unpaired) electrons. The van der Waals surface area contributed by atoms with E-state index in [1.165, 1.54) is 437 Å². The van der Waals surface area contributed by atoms with Crippen LogP contribution in [0, 0.1) is 11.8 Å². The summed E-state index contributed by atoms with van der Waals surface area (Å²) in [5, 5.41) is 0. The molecule has 2 atom stereocenters. The van der Waals surface area contributed by atoms with E-state index >= 15 is 0 Å². The van der Waals surface area contributed by atoms with Gasteiger partial charge in [-0.1, -0.05) is 490 Å². The molecule has 0 fully saturated rings. The van der Waals surface area contributed by atoms with Crippen LogP contribution in [0.1, 0.15) is 516 Å². The van der Waals surface area contributed by atoms with E-state index in [-0.39, 0.29) is 62.8 Å². The summed E-state index contributed by atoms with van der Waals surface area (Å²) in [6, 6.07) is 0. The number of rotatable bonds is 82. The van der Waals surface area contributed by atoms with Crippen LogP contribution in [0.2, 0.25) is 0 Å². The van der Waals surface area contributed by atoms with Gasteiger partial charge < -0.3 is 9.11 Å². The van der Waals surface area contributed by atoms with Gasteiger partial charge in [-0.3, -0.25) is 8.37 Å². The van der Waals surface area contributed by atoms with Gasteiger partial charge in [-0.05, 0) is 37.5 Å². The monoisotopic (exact) mass is 1410 g/mol. The van der Waals surface area contributed by atoms with Gasteiger partial charge in [0.2, 0.25) is 20.8 Å². The Balaban J connectivity index is -0.00000176. The molecule has 0 amide bonds. The first kappa shape index (κ1) is 100. The van der Waals surface area contributed by atoms with Crippen molar-refractivity contribution in [1.82, 2.24) is 0 Å². The Bertz CT molecular complexity index is 1480. The van der Waals surface area contributed by atoms with Crippen molar-refractivity contribution in [1.29, 1.82) is 0 Å². The Morgan fingerprint density at radius 1 is 0.189 bits per heavy atom. The normalized spacial score (nSPS) is 12.5. The van der Waals surface area contributed by atoms with Gasteiger partial charge in [0, 0.05) is 0 Å². The molecule has 11 heteroatoms. The summed E-state index contributed by atoms with van der Waals surface area (Å²) in [6.45, 7) is 9.29. The van der Waals surface area contributed by atoms with Gasteiger partial charge in [-0.2, -0.15) is 0 Å². The quantitative estimate of drug-likeness (QED) is 0.0254. The van der Waals surface area contributed by atoms with E-state index < -0.39 is 20.8 Å². The smallest absolute Gasteiger partial charge is 0.726 e. The number of hydrogen-bond acceptors (Lipinski definition) is 8. The van der Waals surface area contributed by atoms with E-state index in [0.717, 1.165) is 51.4 Å². The van der Waals surface area contributed by atoms with Gasteiger partial charge >= 0.3 is 37.7 Å². The first-order valence-electron chi connectivity index (χ1n) is 43.2. The fraction of sp³-hybridized carbons (Fsp3) is 1.00. The van der Waals surface area contributed by atoms with Gasteiger partial charge in [-0.25, -0.2) is 16.8 Å². The summed E-state index contributed by atoms with van der Waals surface area (Å²) < 4.78 is 75.6. The van der Waals surface area contributed by atoms with Crippen molar-refractivity contribution in [2.75, 3.05) is 13.2 Å². The zero-order valence-electron chi connectivity index (χ0n) is 65.1. The van der Waals surface area contributed by atoms with Gasteiger partial charge in [0.05, 0.1) is 13.2 Å². The molecule has 0 aromatic heterocycles. The molecule has 0 rings (SSSR count). The number of hydrogen-bond donors (Lipinski definition) is 0. The van der Waals surface area contributed by atoms with Crippen LogP contribution in [0.25, 0.3) is 0 Å². The number of unbranched alkanes of at least 4 members (excludes halogenated alkanes) is 68. The van der Waals surface area contributed by atoms with E-state index in [2.05, 4.69) is 36.1 Å². The van der Waals surface area contributed by atoms with Gasteiger partial charge in [0.25, 0.3) is 0 Å². The molecule has 568 valence electrons. The van der Waals surface area contributed by atoms with E-state index in [0.29, 0.717) is 0 Å². The Kier molecular flexibility index (Phi) is 90.3. The third-order valence-corrected chi connectivity index (χ3v) is 21.6. The van der Waals surface area contributed by atoms with E-state index in [1.54, 1.807) is 0 Å². The Morgan fingerprint density at radius 2 is 0.284 bits per heavy atom. The van der Waals surface area contributed by atoms with Crippen molar-refractivity contribution in [3.63, 3.8) is 0 Å². The molecule has 0 aliphatic carbocycles. The summed E-state index contributed by atoms with van der Waals surface area (Å²) in [5.74, 6) is 0.390. The van der Waals surface area contributed by atoms with Crippen LogP contribution >= 0.6 is 0 Å². The average molecular weight is 1410 g/mol. The molecular formula is C84H170CaO8S2. The van der Waals surface area contributed by atoms with Crippen molar-refractivity contribution < 1.29 is 34.3 Å². The van der Waals surface area contributed by atoms with Crippen LogP contribution in [0.5, 0.6) is 0 Å². The molecule has 0 aliphatic heterocycles. The molecule has 0 bridgehead atoms. The molecule has 8 nitrogen and oxygen atoms in total. The predicted molar refractivity (Wildman–Crippen MR) is 418 cm³/mol. The first-order valence-corrected chi connectivity index (χ1v) is 45.9. The molecule has 2 unspecified atom stereocenters. The molecule has 0 heterocycles. The van der Waals surface area contributed by atoms with Crippen LogP contribution in [-0.2, 0) is 29.2 Å². The Labute approximate surface area is 628 Å². The second-order valence-electron chi connectivity index (χ2n) is 30.3. The molecule has 0 aromatic rings. The zero-order chi connectivity index (χ0) is 68.7. The largest absolute Gasteiger partial charge is 2.00 e. The van der Waals surface area contributed by atoms with E-state index in [1.807, 2.05) is 0 Å². The fourth-order valence-corrected chi connectivity index (χ4v) is 15.0. The molecule has 0 aliphatic rings. The maximum absolute atomic E-state index is 11.0. The minimum Gasteiger partial charge on any atom is -0.726 e. The van der Waals surface area contributed by atoms with Crippen molar-refractivity contribution in [3.05, 3.63) is 0 Å². The third-order valence-electron chi connectivity index (χ3n) is 20.8. The summed E-state index contributed by atoms with van der Waals surface area (Å²) in [5.41, 5.74) is 0. The average Bonchev–Trinajstić information content (AvgIpc) is 3.21. The molecule has 0 N–H and O–H groups in total. The Morgan fingerprint density at radius 3 is 0.379 bits per heavy atom. The predicted octanol–water partition coefficient (Wildman–Crippen LogP) is 29.5. The van der Waals surface area contributed by atoms with Gasteiger partial charge in [0.15, 0.2) is 0 Å². The molecule has 0 saturated carbocycles. The zero-order valence-corrected chi connectivity index (χ0v) is 68.9. The maximum atomic E-state index is 11.0. The minimum absolute atomic E-state index is 0. The topological polar surface area (TPSA) is 133 Å². The molecule has 0 spiro atoms. The minimum atomic E-state index is -4.59. The van der Waals surface area contributed by atoms with Crippen LogP contribution in [0.3, 0.4) is 0 Å². The first-order chi connectivity index (χ1) is 46.0. The molecule has 0 saturated heterocycles. The van der Waals surface area contributed by atoms with Crippen LogP contribution < -0.4 is 0 Å². The van der Waals surface area contributed by atoms with Crippen molar-refractivity contribution in [2.45, 2.75) is 516 Å². The summed E-state index contributed by atoms with van der Waals surface area (Å²) in [6.07, 6.45) is 102. The van der Waals surface area contributed by atoms with Crippen molar-refractivity contribution in [2.24, 2.45) is 11.8 Å². The van der Waals surface area contributed by atoms with Crippen molar-refractivity contribution in [3.8, 4) is 0 Å². The Hall–Kier alpha value is 1.000. The van der Waals surface area contributed by atoms with E-state index in [9.17, 15) is 25.9 Å². The second kappa shape index (κ2) is 85.6. The van der Waals surface area contributed by atoms with Crippen LogP contribution in [-0.4, -0.2) is 76.9 Å². The van der Waals surface area contributed by atoms with Crippen LogP contribution in [0.4, 0.5) is 0 Å². The second-order valence-corrected chi connectivity index (χ2v) is 32.4. The van der Waals surface area contributed by atoms with Gasteiger partial charge in [0.1, 0.15) is 0 Å². The molecule has 95 heavy (non-hydrogen) atoms. The molecular weight excluding hydrogens is 1240 g/mol. The summed E-state index contributed by atoms with van der Waals surface area (Å²) in [7, 11) is -9.19. The summed E-state index contributed by atoms with van der Waals surface area (Å²) >= 11 is 0. The fourth-order valence-electron chi connectivity index (χ4n) is 14.3. The van der Waals surface area contributed by atoms with Crippen LogP contribution in [0.15, 0.2) is 0 Å². The standard InChI is InChI=1S/2C42H86O4S.Ca/c2*1-3-5-7-9-11-13-15-17-19-21-22-24-26-28-30-32-34-36-38-40-42(41-46-47(43,44)45)39-37-35-33-31-29-27-25-23-20-18-16-14-12-10-8-6-4-2;/h2*42H,3-41H2,1-2H3,(H,43,44,45);/q;;+2/p-2. The van der Waals surface area contributed by atoms with Crippen molar-refractivity contribution >= 4 is 58.5 Å². The van der Waals surface area contributed by atoms with Gasteiger partial charge in [-0.15, -0.1) is 0 Å². The molecule has 0 aromatic carbocycles. The summed E-state index contributed by atoms with van der Waals surface area (Å²) in [4.78, 5) is 0. The SMILES string of the molecule is CCCCCCCCCCCCCCCCCCCCCC(CCCCCCCCCCCCCCCCCCC)COS(=O)(=O)[O-].CCCCCCCCCCCCCCCCCCCCCC(CCCCCCCCCCCCCCCCCCC)COS(=O)(=O)[O-].[Ca+2]. The van der Waals surface area contributed by atoms with E-state index in [4.69, 9.17) is 0 Å². The third kappa shape index (κ3) is 95.0. The maximum Gasteiger partial charge on any atom is 2.00 e.